The fourth-order valence-corrected chi connectivity index (χ4v) is 3.43. The molecule has 0 unspecified atom stereocenters. The van der Waals surface area contributed by atoms with Crippen LogP contribution in [0.5, 0.6) is 0 Å². The highest BCUT2D eigenvalue weighted by Gasteiger charge is 2.29. The number of hydrogen-bond acceptors (Lipinski definition) is 4. The molecule has 0 bridgehead atoms. The molecule has 1 aliphatic heterocycles. The zero-order valence-electron chi connectivity index (χ0n) is 14.8. The molecule has 2 atom stereocenters. The fourth-order valence-electron chi connectivity index (χ4n) is 3.43. The first-order chi connectivity index (χ1) is 12.0. The van der Waals surface area contributed by atoms with Crippen molar-refractivity contribution in [1.29, 1.82) is 0 Å². The van der Waals surface area contributed by atoms with Crippen molar-refractivity contribution in [2.24, 2.45) is 11.0 Å². The summed E-state index contributed by atoms with van der Waals surface area (Å²) < 4.78 is 0. The van der Waals surface area contributed by atoms with E-state index in [1.54, 1.807) is 0 Å². The van der Waals surface area contributed by atoms with E-state index in [4.69, 9.17) is 0 Å². The van der Waals surface area contributed by atoms with Gasteiger partial charge < -0.3 is 10.4 Å². The largest absolute Gasteiger partial charge is 0.393 e. The Labute approximate surface area is 147 Å². The average Bonchev–Trinajstić information content (AvgIpc) is 3.00. The van der Waals surface area contributed by atoms with E-state index < -0.39 is 0 Å². The molecule has 1 heterocycles. The normalized spacial score (nSPS) is 23.6. The lowest BCUT2D eigenvalue weighted by Crippen LogP contribution is -2.41. The van der Waals surface area contributed by atoms with Crippen molar-refractivity contribution in [2.45, 2.75) is 52.1 Å². The first-order valence-corrected chi connectivity index (χ1v) is 8.89. The average molecular weight is 343 g/mol. The van der Waals surface area contributed by atoms with Crippen molar-refractivity contribution < 1.29 is 14.7 Å². The number of benzene rings is 1. The summed E-state index contributed by atoms with van der Waals surface area (Å²) in [5.74, 6) is -0.233. The topological polar surface area (TPSA) is 82.0 Å². The third kappa shape index (κ3) is 3.90. The summed E-state index contributed by atoms with van der Waals surface area (Å²) in [6.07, 6.45) is 3.02. The van der Waals surface area contributed by atoms with Gasteiger partial charge in [0, 0.05) is 25.3 Å². The Morgan fingerprint density at radius 3 is 2.84 bits per heavy atom. The number of hydrogen-bond donors (Lipinski definition) is 2. The summed E-state index contributed by atoms with van der Waals surface area (Å²) >= 11 is 0. The Hall–Kier alpha value is -2.21. The van der Waals surface area contributed by atoms with Crippen LogP contribution in [0.25, 0.3) is 0 Å². The molecule has 2 amide bonds. The predicted molar refractivity (Wildman–Crippen MR) is 96.4 cm³/mol. The minimum absolute atomic E-state index is 0.100. The van der Waals surface area contributed by atoms with Gasteiger partial charge in [-0.1, -0.05) is 18.6 Å². The first-order valence-electron chi connectivity index (χ1n) is 8.89. The molecule has 1 fully saturated rings. The summed E-state index contributed by atoms with van der Waals surface area (Å²) in [5.41, 5.74) is 3.07. The molecule has 0 saturated heterocycles. The molecule has 2 aliphatic rings. The molecule has 134 valence electrons. The van der Waals surface area contributed by atoms with Gasteiger partial charge in [-0.2, -0.15) is 5.10 Å². The number of hydrazone groups is 1. The van der Waals surface area contributed by atoms with E-state index in [1.165, 1.54) is 5.01 Å². The minimum atomic E-state index is -0.332. The lowest BCUT2D eigenvalue weighted by atomic mass is 10.1. The monoisotopic (exact) mass is 343 g/mol. The van der Waals surface area contributed by atoms with Crippen LogP contribution in [-0.2, 0) is 9.59 Å². The van der Waals surface area contributed by atoms with E-state index in [2.05, 4.69) is 10.4 Å². The smallest absolute Gasteiger partial charge is 0.267 e. The molecular formula is C19H25N3O3. The van der Waals surface area contributed by atoms with Crippen molar-refractivity contribution >= 4 is 23.2 Å². The molecule has 6 heteroatoms. The Kier molecular flexibility index (Phi) is 5.18. The SMILES string of the molecule is Cc1ccc(C)c(N2N=C(C(=O)NC[C@H]3CCC[C@H]3O)CCC2=O)c1. The second-order valence-electron chi connectivity index (χ2n) is 7.01. The summed E-state index contributed by atoms with van der Waals surface area (Å²) in [6, 6.07) is 5.84. The predicted octanol–water partition coefficient (Wildman–Crippen LogP) is 2.06. The third-order valence-corrected chi connectivity index (χ3v) is 5.03. The van der Waals surface area contributed by atoms with Gasteiger partial charge in [0.25, 0.3) is 5.91 Å². The van der Waals surface area contributed by atoms with E-state index in [0.29, 0.717) is 18.7 Å². The van der Waals surface area contributed by atoms with Gasteiger partial charge in [-0.3, -0.25) is 9.59 Å². The van der Waals surface area contributed by atoms with Crippen LogP contribution in [-0.4, -0.2) is 35.3 Å². The van der Waals surface area contributed by atoms with E-state index in [-0.39, 0.29) is 30.3 Å². The summed E-state index contributed by atoms with van der Waals surface area (Å²) in [5, 5.41) is 18.4. The number of amides is 2. The van der Waals surface area contributed by atoms with Gasteiger partial charge in [0.15, 0.2) is 0 Å². The van der Waals surface area contributed by atoms with Gasteiger partial charge in [-0.05, 0) is 43.9 Å². The molecule has 1 aromatic rings. The van der Waals surface area contributed by atoms with E-state index in [0.717, 1.165) is 36.1 Å². The minimum Gasteiger partial charge on any atom is -0.393 e. The highest BCUT2D eigenvalue weighted by atomic mass is 16.3. The van der Waals surface area contributed by atoms with Crippen LogP contribution in [0.3, 0.4) is 0 Å². The lowest BCUT2D eigenvalue weighted by Gasteiger charge is -2.25. The number of nitrogens with zero attached hydrogens (tertiary/aromatic N) is 2. The highest BCUT2D eigenvalue weighted by Crippen LogP contribution is 2.26. The Bertz CT molecular complexity index is 714. The Morgan fingerprint density at radius 2 is 2.12 bits per heavy atom. The van der Waals surface area contributed by atoms with E-state index >= 15 is 0 Å². The highest BCUT2D eigenvalue weighted by molar-refractivity contribution is 6.40. The molecule has 2 N–H and O–H groups in total. The maximum atomic E-state index is 12.4. The van der Waals surface area contributed by atoms with Crippen LogP contribution in [0.15, 0.2) is 23.3 Å². The molecule has 25 heavy (non-hydrogen) atoms. The zero-order valence-corrected chi connectivity index (χ0v) is 14.8. The molecule has 6 nitrogen and oxygen atoms in total. The molecule has 3 rings (SSSR count). The molecule has 1 aliphatic carbocycles. The number of aliphatic hydroxyl groups is 1. The standard InChI is InChI=1S/C19H25N3O3/c1-12-6-7-13(2)16(10-12)22-18(24)9-8-15(21-22)19(25)20-11-14-4-3-5-17(14)23/h6-7,10,14,17,23H,3-5,8-9,11H2,1-2H3,(H,20,25)/t14-,17-/m1/s1. The Balaban J connectivity index is 1.73. The maximum Gasteiger partial charge on any atom is 0.267 e. The van der Waals surface area contributed by atoms with E-state index in [1.807, 2.05) is 32.0 Å². The third-order valence-electron chi connectivity index (χ3n) is 5.03. The molecule has 0 radical (unpaired) electrons. The van der Waals surface area contributed by atoms with Crippen molar-refractivity contribution in [1.82, 2.24) is 5.32 Å². The number of carbonyl (C=O) groups is 2. The van der Waals surface area contributed by atoms with Gasteiger partial charge >= 0.3 is 0 Å². The summed E-state index contributed by atoms with van der Waals surface area (Å²) in [4.78, 5) is 24.7. The molecule has 0 spiro atoms. The second kappa shape index (κ2) is 7.35. The van der Waals surface area contributed by atoms with Gasteiger partial charge in [-0.15, -0.1) is 0 Å². The quantitative estimate of drug-likeness (QED) is 0.878. The number of anilines is 1. The summed E-state index contributed by atoms with van der Waals surface area (Å²) in [6.45, 7) is 4.34. The molecule has 1 aromatic carbocycles. The van der Waals surface area contributed by atoms with Crippen LogP contribution in [0.4, 0.5) is 5.69 Å². The van der Waals surface area contributed by atoms with Crippen molar-refractivity contribution in [3.8, 4) is 0 Å². The van der Waals surface area contributed by atoms with Crippen LogP contribution in [0.1, 0.15) is 43.2 Å². The number of aryl methyl sites for hydroxylation is 2. The first kappa shape index (κ1) is 17.6. The fraction of sp³-hybridized carbons (Fsp3) is 0.526. The van der Waals surface area contributed by atoms with Gasteiger partial charge in [0.2, 0.25) is 5.91 Å². The number of carbonyl (C=O) groups excluding carboxylic acids is 2. The molecular weight excluding hydrogens is 318 g/mol. The van der Waals surface area contributed by atoms with Gasteiger partial charge in [0.1, 0.15) is 5.71 Å². The lowest BCUT2D eigenvalue weighted by molar-refractivity contribution is -0.119. The molecule has 0 aromatic heterocycles. The summed E-state index contributed by atoms with van der Waals surface area (Å²) in [7, 11) is 0. The van der Waals surface area contributed by atoms with E-state index in [9.17, 15) is 14.7 Å². The maximum absolute atomic E-state index is 12.4. The van der Waals surface area contributed by atoms with Crippen LogP contribution in [0.2, 0.25) is 0 Å². The van der Waals surface area contributed by atoms with Crippen LogP contribution < -0.4 is 10.3 Å². The van der Waals surface area contributed by atoms with Crippen molar-refractivity contribution in [3.05, 3.63) is 29.3 Å². The number of aliphatic hydroxyl groups excluding tert-OH is 1. The zero-order chi connectivity index (χ0) is 18.0. The van der Waals surface area contributed by atoms with Crippen LogP contribution in [0, 0.1) is 19.8 Å². The van der Waals surface area contributed by atoms with Gasteiger partial charge in [0.05, 0.1) is 11.8 Å². The Morgan fingerprint density at radius 1 is 1.32 bits per heavy atom. The van der Waals surface area contributed by atoms with Crippen LogP contribution >= 0.6 is 0 Å². The molecule has 1 saturated carbocycles. The van der Waals surface area contributed by atoms with Crippen molar-refractivity contribution in [3.63, 3.8) is 0 Å². The van der Waals surface area contributed by atoms with Crippen molar-refractivity contribution in [2.75, 3.05) is 11.6 Å². The second-order valence-corrected chi connectivity index (χ2v) is 7.01. The van der Waals surface area contributed by atoms with Gasteiger partial charge in [-0.25, -0.2) is 5.01 Å². The number of nitrogens with one attached hydrogen (secondary N) is 1. The number of rotatable bonds is 4.